The zero-order valence-corrected chi connectivity index (χ0v) is 40.4. The van der Waals surface area contributed by atoms with Crippen LogP contribution in [0.5, 0.6) is 11.5 Å². The molecular formula is C64H58N4O. The molecule has 69 heavy (non-hydrogen) atoms. The first-order valence-corrected chi connectivity index (χ1v) is 23.9. The van der Waals surface area contributed by atoms with Crippen LogP contribution in [0.1, 0.15) is 67.9 Å². The second-order valence-electron chi connectivity index (χ2n) is 20.4. The van der Waals surface area contributed by atoms with Crippen LogP contribution in [0.25, 0.3) is 61.0 Å². The zero-order valence-electron chi connectivity index (χ0n) is 43.4. The summed E-state index contributed by atoms with van der Waals surface area (Å²) in [5, 5.41) is 2.12. The van der Waals surface area contributed by atoms with E-state index in [1.807, 2.05) is 43.3 Å². The fourth-order valence-electron chi connectivity index (χ4n) is 10.0. The molecule has 11 rings (SSSR count). The number of aromatic nitrogens is 2. The summed E-state index contributed by atoms with van der Waals surface area (Å²) in [7, 11) is 0. The largest absolute Gasteiger partial charge is 0.457 e. The van der Waals surface area contributed by atoms with Crippen LogP contribution >= 0.6 is 0 Å². The third-order valence-electron chi connectivity index (χ3n) is 13.6. The van der Waals surface area contributed by atoms with E-state index < -0.39 is 6.85 Å². The van der Waals surface area contributed by atoms with Gasteiger partial charge in [-0.3, -0.25) is 4.57 Å². The van der Waals surface area contributed by atoms with Crippen molar-refractivity contribution in [1.29, 1.82) is 0 Å². The van der Waals surface area contributed by atoms with Gasteiger partial charge in [-0.1, -0.05) is 151 Å². The molecule has 2 aromatic heterocycles. The van der Waals surface area contributed by atoms with E-state index in [0.717, 1.165) is 66.7 Å². The van der Waals surface area contributed by atoms with Crippen LogP contribution in [0.4, 0.5) is 22.7 Å². The van der Waals surface area contributed by atoms with Gasteiger partial charge < -0.3 is 14.5 Å². The Morgan fingerprint density at radius 3 is 1.96 bits per heavy atom. The standard InChI is InChI=1S/C64H58N4O/c1-42-34-49(64(6,7)8)35-43(2)61(42)47-32-33-65-60(37-47)68-57-31-28-46(44-18-11-9-12-19-44)36-56(57)55-30-29-53(40-59(55)68)69-52-25-16-24-51(39-52)66-41-67(50-23-15-22-48(38-50)63(3,4)5)62-54(26-17-27-58(62)66)45-20-13-10-14-21-45/h9-40H,41H2,1-8H3/i1D3. The van der Waals surface area contributed by atoms with Gasteiger partial charge in [0.05, 0.1) is 22.4 Å². The van der Waals surface area contributed by atoms with Crippen molar-refractivity contribution in [2.75, 3.05) is 16.5 Å². The van der Waals surface area contributed by atoms with Crippen LogP contribution in [0.15, 0.2) is 194 Å². The molecule has 0 saturated carbocycles. The lowest BCUT2D eigenvalue weighted by Gasteiger charge is -2.26. The average molecular weight is 902 g/mol. The van der Waals surface area contributed by atoms with Crippen LogP contribution < -0.4 is 14.5 Å². The molecule has 8 aromatic carbocycles. The van der Waals surface area contributed by atoms with E-state index in [9.17, 15) is 0 Å². The van der Waals surface area contributed by atoms with Crippen molar-refractivity contribution in [3.05, 3.63) is 217 Å². The van der Waals surface area contributed by atoms with Gasteiger partial charge in [0.25, 0.3) is 0 Å². The Labute approximate surface area is 411 Å². The van der Waals surface area contributed by atoms with E-state index in [-0.39, 0.29) is 10.8 Å². The molecule has 0 aliphatic carbocycles. The predicted molar refractivity (Wildman–Crippen MR) is 290 cm³/mol. The number of nitrogens with zero attached hydrogens (tertiary/aromatic N) is 4. The molecule has 0 fully saturated rings. The van der Waals surface area contributed by atoms with E-state index in [2.05, 4.69) is 208 Å². The first-order chi connectivity index (χ1) is 34.5. The minimum Gasteiger partial charge on any atom is -0.457 e. The van der Waals surface area contributed by atoms with Crippen LogP contribution in [0.2, 0.25) is 0 Å². The number of ether oxygens (including phenoxy) is 1. The predicted octanol–water partition coefficient (Wildman–Crippen LogP) is 17.4. The molecule has 0 amide bonds. The number of hydrogen-bond acceptors (Lipinski definition) is 4. The average Bonchev–Trinajstić information content (AvgIpc) is 3.92. The maximum absolute atomic E-state index is 8.68. The molecule has 0 bridgehead atoms. The zero-order chi connectivity index (χ0) is 50.1. The molecule has 1 aliphatic rings. The van der Waals surface area contributed by atoms with Gasteiger partial charge in [-0.15, -0.1) is 0 Å². The van der Waals surface area contributed by atoms with Crippen molar-refractivity contribution in [2.45, 2.75) is 66.1 Å². The van der Waals surface area contributed by atoms with Gasteiger partial charge >= 0.3 is 0 Å². The first kappa shape index (κ1) is 40.2. The monoisotopic (exact) mass is 901 g/mol. The smallest absolute Gasteiger partial charge is 0.138 e. The molecule has 1 aliphatic heterocycles. The van der Waals surface area contributed by atoms with Crippen molar-refractivity contribution in [1.82, 2.24) is 9.55 Å². The number of pyridine rings is 1. The number of hydrogen-bond donors (Lipinski definition) is 0. The number of benzene rings is 8. The number of fused-ring (bicyclic) bond motifs is 4. The van der Waals surface area contributed by atoms with E-state index >= 15 is 0 Å². The van der Waals surface area contributed by atoms with E-state index in [4.69, 9.17) is 13.8 Å². The summed E-state index contributed by atoms with van der Waals surface area (Å²) < 4.78 is 35.1. The Kier molecular flexibility index (Phi) is 9.91. The fraction of sp³-hybridized carbons (Fsp3) is 0.172. The molecule has 0 radical (unpaired) electrons. The topological polar surface area (TPSA) is 33.5 Å². The Balaban J connectivity index is 1.01. The summed E-state index contributed by atoms with van der Waals surface area (Å²) in [6.07, 6.45) is 1.79. The normalized spacial score (nSPS) is 13.6. The highest BCUT2D eigenvalue weighted by molar-refractivity contribution is 6.11. The highest BCUT2D eigenvalue weighted by Crippen LogP contribution is 2.50. The summed E-state index contributed by atoms with van der Waals surface area (Å²) >= 11 is 0. The maximum atomic E-state index is 8.68. The van der Waals surface area contributed by atoms with E-state index in [1.54, 1.807) is 6.20 Å². The van der Waals surface area contributed by atoms with E-state index in [0.29, 0.717) is 35.1 Å². The van der Waals surface area contributed by atoms with Gasteiger partial charge in [-0.2, -0.15) is 0 Å². The van der Waals surface area contributed by atoms with Crippen LogP contribution in [-0.2, 0) is 10.8 Å². The molecule has 3 heterocycles. The molecule has 5 heteroatoms. The molecule has 0 spiro atoms. The molecule has 0 atom stereocenters. The summed E-state index contributed by atoms with van der Waals surface area (Å²) in [6.45, 7) is 13.4. The lowest BCUT2D eigenvalue weighted by atomic mass is 9.83. The van der Waals surface area contributed by atoms with Crippen molar-refractivity contribution >= 4 is 44.6 Å². The Morgan fingerprint density at radius 1 is 0.507 bits per heavy atom. The first-order valence-electron chi connectivity index (χ1n) is 25.4. The third kappa shape index (κ3) is 8.12. The lowest BCUT2D eigenvalue weighted by Crippen LogP contribution is -2.24. The minimum atomic E-state index is -2.32. The Hall–Kier alpha value is -7.89. The highest BCUT2D eigenvalue weighted by Gasteiger charge is 2.32. The molecule has 0 unspecified atom stereocenters. The fourth-order valence-corrected chi connectivity index (χ4v) is 10.0. The van der Waals surface area contributed by atoms with Crippen molar-refractivity contribution in [2.24, 2.45) is 0 Å². The van der Waals surface area contributed by atoms with E-state index in [1.165, 1.54) is 22.4 Å². The highest BCUT2D eigenvalue weighted by atomic mass is 16.5. The second kappa shape index (κ2) is 17.0. The number of rotatable bonds is 8. The molecule has 0 N–H and O–H groups in total. The number of anilines is 4. The molecular weight excluding hydrogens is 841 g/mol. The molecule has 340 valence electrons. The van der Waals surface area contributed by atoms with Gasteiger partial charge in [-0.05, 0) is 141 Å². The van der Waals surface area contributed by atoms with Crippen LogP contribution in [0, 0.1) is 13.8 Å². The van der Waals surface area contributed by atoms with Gasteiger partial charge in [-0.25, -0.2) is 4.98 Å². The summed E-state index contributed by atoms with van der Waals surface area (Å²) in [5.74, 6) is 2.06. The van der Waals surface area contributed by atoms with Gasteiger partial charge in [0.15, 0.2) is 0 Å². The summed E-state index contributed by atoms with van der Waals surface area (Å²) in [4.78, 5) is 9.81. The van der Waals surface area contributed by atoms with Crippen molar-refractivity contribution in [3.63, 3.8) is 0 Å². The summed E-state index contributed by atoms with van der Waals surface area (Å²) in [5.41, 5.74) is 15.7. The Bertz CT molecular complexity index is 3680. The Morgan fingerprint density at radius 2 is 1.20 bits per heavy atom. The minimum absolute atomic E-state index is 0.00461. The lowest BCUT2D eigenvalue weighted by molar-refractivity contribution is 0.483. The van der Waals surface area contributed by atoms with Gasteiger partial charge in [0, 0.05) is 50.2 Å². The third-order valence-corrected chi connectivity index (χ3v) is 13.6. The second-order valence-corrected chi connectivity index (χ2v) is 20.4. The molecule has 5 nitrogen and oxygen atoms in total. The SMILES string of the molecule is [2H]C([2H])([2H])c1cc(C(C)(C)C)cc(C)c1-c1ccnc(-n2c3ccc(-c4ccccc4)cc3c3ccc(Oc4cccc(N5CN(c6cccc(C(C)(C)C)c6)c6c(-c7ccccc7)cccc65)c4)cc32)c1. The maximum Gasteiger partial charge on any atom is 0.138 e. The van der Waals surface area contributed by atoms with Crippen molar-refractivity contribution in [3.8, 4) is 50.7 Å². The molecule has 10 aromatic rings. The van der Waals surface area contributed by atoms with Crippen LogP contribution in [0.3, 0.4) is 0 Å². The number of para-hydroxylation sites is 1. The van der Waals surface area contributed by atoms with Crippen molar-refractivity contribution < 1.29 is 8.85 Å². The number of aryl methyl sites for hydroxylation is 2. The van der Waals surface area contributed by atoms with Crippen LogP contribution in [-0.4, -0.2) is 16.2 Å². The summed E-state index contributed by atoms with van der Waals surface area (Å²) in [6, 6.07) is 65.7. The van der Waals surface area contributed by atoms with Gasteiger partial charge in [0.1, 0.15) is 24.0 Å². The van der Waals surface area contributed by atoms with Gasteiger partial charge in [0.2, 0.25) is 0 Å². The quantitative estimate of drug-likeness (QED) is 0.152. The molecule has 0 saturated heterocycles.